The van der Waals surface area contributed by atoms with E-state index in [-0.39, 0.29) is 23.8 Å². The highest BCUT2D eigenvalue weighted by atomic mass is 35.5. The van der Waals surface area contributed by atoms with Crippen molar-refractivity contribution in [1.82, 2.24) is 9.80 Å². The number of primary amides is 1. The van der Waals surface area contributed by atoms with E-state index in [2.05, 4.69) is 4.90 Å². The third-order valence-electron chi connectivity index (χ3n) is 5.08. The van der Waals surface area contributed by atoms with Gasteiger partial charge < -0.3 is 15.4 Å². The van der Waals surface area contributed by atoms with Gasteiger partial charge in [-0.15, -0.1) is 0 Å². The van der Waals surface area contributed by atoms with Gasteiger partial charge in [-0.05, 0) is 38.0 Å². The van der Waals surface area contributed by atoms with E-state index in [1.807, 2.05) is 25.1 Å². The molecule has 1 saturated heterocycles. The van der Waals surface area contributed by atoms with Gasteiger partial charge in [0.2, 0.25) is 11.8 Å². The van der Waals surface area contributed by atoms with Crippen molar-refractivity contribution in [3.05, 3.63) is 28.8 Å². The maximum atomic E-state index is 12.6. The summed E-state index contributed by atoms with van der Waals surface area (Å²) < 4.78 is 5.96. The van der Waals surface area contributed by atoms with E-state index in [4.69, 9.17) is 22.1 Å². The highest BCUT2D eigenvalue weighted by Gasteiger charge is 2.27. The van der Waals surface area contributed by atoms with Crippen LogP contribution in [0.15, 0.2) is 18.2 Å². The molecule has 2 aliphatic heterocycles. The van der Waals surface area contributed by atoms with Gasteiger partial charge in [0.05, 0.1) is 5.92 Å². The molecular formula is C19H26ClN3O3. The van der Waals surface area contributed by atoms with Crippen LogP contribution in [0.3, 0.4) is 0 Å². The van der Waals surface area contributed by atoms with E-state index in [0.717, 1.165) is 30.7 Å². The Hall–Kier alpha value is -1.79. The fourth-order valence-electron chi connectivity index (χ4n) is 3.73. The van der Waals surface area contributed by atoms with Gasteiger partial charge in [-0.25, -0.2) is 0 Å². The lowest BCUT2D eigenvalue weighted by molar-refractivity contribution is -0.135. The maximum Gasteiger partial charge on any atom is 0.223 e. The van der Waals surface area contributed by atoms with Crippen LogP contribution >= 0.6 is 11.6 Å². The number of amides is 2. The Labute approximate surface area is 159 Å². The molecule has 2 heterocycles. The Morgan fingerprint density at radius 2 is 2.15 bits per heavy atom. The van der Waals surface area contributed by atoms with Gasteiger partial charge in [0.25, 0.3) is 0 Å². The van der Waals surface area contributed by atoms with Crippen molar-refractivity contribution < 1.29 is 14.3 Å². The van der Waals surface area contributed by atoms with Crippen molar-refractivity contribution in [3.8, 4) is 5.75 Å². The number of carbonyl (C=O) groups is 2. The van der Waals surface area contributed by atoms with Crippen molar-refractivity contribution in [1.29, 1.82) is 0 Å². The average Bonchev–Trinajstić information content (AvgIpc) is 2.77. The number of hydrogen-bond acceptors (Lipinski definition) is 4. The number of ether oxygens (including phenoxy) is 1. The fraction of sp³-hybridized carbons (Fsp3) is 0.579. The lowest BCUT2D eigenvalue weighted by atomic mass is 9.97. The third kappa shape index (κ3) is 4.68. The predicted octanol–water partition coefficient (Wildman–Crippen LogP) is 2.04. The van der Waals surface area contributed by atoms with Crippen LogP contribution in [-0.4, -0.2) is 53.9 Å². The summed E-state index contributed by atoms with van der Waals surface area (Å²) in [5.41, 5.74) is 6.44. The predicted molar refractivity (Wildman–Crippen MR) is 99.9 cm³/mol. The average molecular weight is 380 g/mol. The molecule has 2 aliphatic rings. The number of hydrogen-bond donors (Lipinski definition) is 1. The molecule has 6 nitrogen and oxygen atoms in total. The summed E-state index contributed by atoms with van der Waals surface area (Å²) in [4.78, 5) is 28.0. The van der Waals surface area contributed by atoms with Crippen molar-refractivity contribution in [3.63, 3.8) is 0 Å². The first kappa shape index (κ1) is 19.0. The molecule has 0 unspecified atom stereocenters. The summed E-state index contributed by atoms with van der Waals surface area (Å²) in [6, 6.07) is 5.66. The van der Waals surface area contributed by atoms with E-state index >= 15 is 0 Å². The van der Waals surface area contributed by atoms with Gasteiger partial charge in [-0.2, -0.15) is 0 Å². The molecule has 1 aromatic carbocycles. The minimum atomic E-state index is -0.311. The smallest absolute Gasteiger partial charge is 0.223 e. The normalized spacial score (nSPS) is 23.7. The van der Waals surface area contributed by atoms with Gasteiger partial charge in [-0.3, -0.25) is 14.5 Å². The zero-order valence-corrected chi connectivity index (χ0v) is 15.9. The molecule has 0 saturated carbocycles. The number of likely N-dealkylation sites (tertiary alicyclic amines) is 1. The molecule has 2 amide bonds. The van der Waals surface area contributed by atoms with Gasteiger partial charge in [0.15, 0.2) is 0 Å². The zero-order valence-electron chi connectivity index (χ0n) is 15.1. The molecule has 2 atom stereocenters. The van der Waals surface area contributed by atoms with Gasteiger partial charge >= 0.3 is 0 Å². The van der Waals surface area contributed by atoms with Crippen LogP contribution < -0.4 is 10.5 Å². The second-order valence-electron chi connectivity index (χ2n) is 7.25. The molecule has 0 radical (unpaired) electrons. The topological polar surface area (TPSA) is 75.9 Å². The number of fused-ring (bicyclic) bond motifs is 1. The first-order valence-electron chi connectivity index (χ1n) is 9.17. The first-order chi connectivity index (χ1) is 12.4. The number of carbonyl (C=O) groups excluding carboxylic acids is 2. The molecule has 26 heavy (non-hydrogen) atoms. The second-order valence-corrected chi connectivity index (χ2v) is 7.68. The minimum absolute atomic E-state index is 0.0433. The summed E-state index contributed by atoms with van der Waals surface area (Å²) in [5.74, 6) is 0.416. The molecule has 142 valence electrons. The number of nitrogens with zero attached hydrogens (tertiary/aromatic N) is 2. The number of benzene rings is 1. The zero-order chi connectivity index (χ0) is 18.7. The van der Waals surface area contributed by atoms with E-state index in [1.54, 1.807) is 4.90 Å². The molecule has 1 fully saturated rings. The van der Waals surface area contributed by atoms with Crippen LogP contribution in [-0.2, 0) is 16.1 Å². The molecule has 0 aliphatic carbocycles. The summed E-state index contributed by atoms with van der Waals surface area (Å²) in [6.07, 6.45) is 2.08. The Bertz CT molecular complexity index is 682. The van der Waals surface area contributed by atoms with Crippen molar-refractivity contribution in [2.24, 2.45) is 11.7 Å². The number of nitrogens with two attached hydrogens (primary N) is 1. The Morgan fingerprint density at radius 3 is 2.92 bits per heavy atom. The third-order valence-corrected chi connectivity index (χ3v) is 5.31. The number of rotatable bonds is 4. The van der Waals surface area contributed by atoms with Crippen LogP contribution in [0.5, 0.6) is 5.75 Å². The van der Waals surface area contributed by atoms with Crippen LogP contribution in [0.4, 0.5) is 0 Å². The summed E-state index contributed by atoms with van der Waals surface area (Å²) in [5, 5.41) is 0.684. The van der Waals surface area contributed by atoms with E-state index in [9.17, 15) is 9.59 Å². The van der Waals surface area contributed by atoms with Crippen LogP contribution in [0.25, 0.3) is 0 Å². The molecular weight excluding hydrogens is 354 g/mol. The van der Waals surface area contributed by atoms with E-state index in [0.29, 0.717) is 37.6 Å². The quantitative estimate of drug-likeness (QED) is 0.868. The fourth-order valence-corrected chi connectivity index (χ4v) is 3.92. The molecule has 2 N–H and O–H groups in total. The Balaban J connectivity index is 1.58. The first-order valence-corrected chi connectivity index (χ1v) is 9.54. The minimum Gasteiger partial charge on any atom is -0.489 e. The molecule has 0 aromatic heterocycles. The van der Waals surface area contributed by atoms with Crippen LogP contribution in [0, 0.1) is 5.92 Å². The molecule has 1 aromatic rings. The molecule has 0 spiro atoms. The molecule has 3 rings (SSSR count). The van der Waals surface area contributed by atoms with Gasteiger partial charge in [-0.1, -0.05) is 11.6 Å². The molecule has 0 bridgehead atoms. The van der Waals surface area contributed by atoms with Crippen molar-refractivity contribution in [2.75, 3.05) is 26.2 Å². The number of halogens is 1. The van der Waals surface area contributed by atoms with Crippen molar-refractivity contribution >= 4 is 23.4 Å². The van der Waals surface area contributed by atoms with Crippen LogP contribution in [0.2, 0.25) is 5.02 Å². The van der Waals surface area contributed by atoms with Gasteiger partial charge in [0.1, 0.15) is 11.9 Å². The lowest BCUT2D eigenvalue weighted by Gasteiger charge is -2.32. The highest BCUT2D eigenvalue weighted by molar-refractivity contribution is 6.30. The monoisotopic (exact) mass is 379 g/mol. The maximum absolute atomic E-state index is 12.6. The summed E-state index contributed by atoms with van der Waals surface area (Å²) >= 11 is 6.11. The Morgan fingerprint density at radius 1 is 1.35 bits per heavy atom. The molecule has 7 heteroatoms. The SMILES string of the molecule is C[C@H]1CN(CCC(=O)N2CCC[C@@H](C(N)=O)C2)Cc2cc(Cl)ccc2O1. The largest absolute Gasteiger partial charge is 0.489 e. The second kappa shape index (κ2) is 8.27. The summed E-state index contributed by atoms with van der Waals surface area (Å²) in [7, 11) is 0. The Kier molecular flexibility index (Phi) is 6.04. The van der Waals surface area contributed by atoms with E-state index < -0.39 is 0 Å². The van der Waals surface area contributed by atoms with Crippen LogP contribution in [0.1, 0.15) is 31.7 Å². The van der Waals surface area contributed by atoms with Crippen molar-refractivity contribution in [2.45, 2.75) is 38.8 Å². The van der Waals surface area contributed by atoms with Gasteiger partial charge in [0, 0.05) is 49.7 Å². The van der Waals surface area contributed by atoms with E-state index in [1.165, 1.54) is 0 Å². The lowest BCUT2D eigenvalue weighted by Crippen LogP contribution is -2.45. The number of piperidine rings is 1. The highest BCUT2D eigenvalue weighted by Crippen LogP contribution is 2.28. The summed E-state index contributed by atoms with van der Waals surface area (Å²) in [6.45, 7) is 5.30. The standard InChI is InChI=1S/C19H26ClN3O3/c1-13-10-22(11-15-9-16(20)4-5-17(15)26-13)8-6-18(24)23-7-2-3-14(12-23)19(21)25/h4-5,9,13-14H,2-3,6-8,10-12H2,1H3,(H2,21,25)/t13-,14+/m0/s1.